The van der Waals surface area contributed by atoms with Crippen molar-refractivity contribution in [2.75, 3.05) is 52.5 Å². The average Bonchev–Trinajstić information content (AvgIpc) is 3.34. The van der Waals surface area contributed by atoms with E-state index in [9.17, 15) is 34.5 Å². The maximum Gasteiger partial charge on any atom is 0.347 e. The average molecular weight is 882 g/mol. The number of rotatable bonds is 20. The zero-order valence-corrected chi connectivity index (χ0v) is 36.1. The summed E-state index contributed by atoms with van der Waals surface area (Å²) in [6, 6.07) is 38.5. The Labute approximate surface area is 377 Å². The van der Waals surface area contributed by atoms with Gasteiger partial charge < -0.3 is 45.7 Å². The summed E-state index contributed by atoms with van der Waals surface area (Å²) in [6.45, 7) is 3.68. The number of fused-ring (bicyclic) bond motifs is 1. The largest absolute Gasteiger partial charge is 0.506 e. The van der Waals surface area contributed by atoms with Crippen LogP contribution in [0.25, 0.3) is 10.9 Å². The van der Waals surface area contributed by atoms with E-state index in [2.05, 4.69) is 38.0 Å². The highest BCUT2D eigenvalue weighted by atomic mass is 16.5. The molecule has 1 fully saturated rings. The summed E-state index contributed by atoms with van der Waals surface area (Å²) in [4.78, 5) is 56.0. The second-order valence-corrected chi connectivity index (χ2v) is 16.3. The van der Waals surface area contributed by atoms with E-state index in [4.69, 9.17) is 9.47 Å². The summed E-state index contributed by atoms with van der Waals surface area (Å²) in [7, 11) is 0. The van der Waals surface area contributed by atoms with Crippen LogP contribution in [-0.4, -0.2) is 95.5 Å². The predicted octanol–water partition coefficient (Wildman–Crippen LogP) is 4.72. The molecule has 1 aliphatic heterocycles. The van der Waals surface area contributed by atoms with Crippen molar-refractivity contribution in [1.29, 1.82) is 0 Å². The van der Waals surface area contributed by atoms with E-state index in [1.54, 1.807) is 72.8 Å². The van der Waals surface area contributed by atoms with Gasteiger partial charge in [-0.25, -0.2) is 4.79 Å². The van der Waals surface area contributed by atoms with Crippen molar-refractivity contribution in [3.05, 3.63) is 177 Å². The number of carbonyl (C=O) groups excluding carboxylic acids is 3. The van der Waals surface area contributed by atoms with E-state index in [1.165, 1.54) is 23.8 Å². The third kappa shape index (κ3) is 12.2. The number of aromatic amines is 1. The van der Waals surface area contributed by atoms with Gasteiger partial charge in [0, 0.05) is 48.8 Å². The fourth-order valence-electron chi connectivity index (χ4n) is 7.98. The van der Waals surface area contributed by atoms with Crippen LogP contribution in [0.3, 0.4) is 0 Å². The number of nitrogens with zero attached hydrogens (tertiary/aromatic N) is 1. The molecule has 1 unspecified atom stereocenters. The molecule has 14 nitrogen and oxygen atoms in total. The molecule has 2 heterocycles. The molecule has 2 atom stereocenters. The Morgan fingerprint density at radius 1 is 0.785 bits per heavy atom. The SMILES string of the molecule is O=C(COc1cccc(C(O)(C(=O)OCC2CCN(Cc3ccccc3)CC2)c2ccccc2)c1)NCCNC(=O)c1ccc(CCNC[C@H](O)c2ccc(O)c3[nH]c(=O)ccc23)cc1. The van der Waals surface area contributed by atoms with E-state index >= 15 is 0 Å². The Morgan fingerprint density at radius 3 is 2.25 bits per heavy atom. The summed E-state index contributed by atoms with van der Waals surface area (Å²) < 4.78 is 11.6. The molecule has 338 valence electrons. The van der Waals surface area contributed by atoms with E-state index < -0.39 is 23.6 Å². The first-order chi connectivity index (χ1) is 31.6. The zero-order chi connectivity index (χ0) is 45.6. The minimum Gasteiger partial charge on any atom is -0.506 e. The Morgan fingerprint density at radius 2 is 1.49 bits per heavy atom. The highest BCUT2D eigenvalue weighted by Crippen LogP contribution is 2.34. The number of pyridine rings is 1. The summed E-state index contributed by atoms with van der Waals surface area (Å²) in [5.41, 5.74) is 1.70. The van der Waals surface area contributed by atoms with Gasteiger partial charge in [0.05, 0.1) is 18.2 Å². The number of likely N-dealkylation sites (tertiary alicyclic amines) is 1. The van der Waals surface area contributed by atoms with Crippen LogP contribution in [0.4, 0.5) is 0 Å². The minimum absolute atomic E-state index is 0.0681. The van der Waals surface area contributed by atoms with Crippen LogP contribution in [0.5, 0.6) is 11.5 Å². The van der Waals surface area contributed by atoms with Crippen molar-refractivity contribution in [2.24, 2.45) is 5.92 Å². The molecular formula is C51H55N5O9. The van der Waals surface area contributed by atoms with E-state index in [-0.39, 0.29) is 72.8 Å². The van der Waals surface area contributed by atoms with E-state index in [1.807, 2.05) is 30.3 Å². The lowest BCUT2D eigenvalue weighted by molar-refractivity contribution is -0.164. The first-order valence-electron chi connectivity index (χ1n) is 21.9. The lowest BCUT2D eigenvalue weighted by Gasteiger charge is -2.33. The van der Waals surface area contributed by atoms with Crippen LogP contribution in [0.2, 0.25) is 0 Å². The number of phenolic OH excluding ortho intramolecular Hbond substituents is 1. The first kappa shape index (κ1) is 46.2. The third-order valence-corrected chi connectivity index (χ3v) is 11.7. The highest BCUT2D eigenvalue weighted by Gasteiger charge is 2.42. The number of phenols is 1. The molecule has 65 heavy (non-hydrogen) atoms. The number of aliphatic hydroxyl groups is 2. The van der Waals surface area contributed by atoms with E-state index in [0.717, 1.165) is 38.0 Å². The minimum atomic E-state index is -2.12. The number of benzene rings is 5. The molecule has 14 heteroatoms. The fraction of sp³-hybridized carbons (Fsp3) is 0.294. The number of carbonyl (C=O) groups is 3. The second kappa shape index (κ2) is 22.2. The first-order valence-corrected chi connectivity index (χ1v) is 21.9. The Balaban J connectivity index is 0.820. The van der Waals surface area contributed by atoms with Gasteiger partial charge in [-0.05, 0) is 103 Å². The van der Waals surface area contributed by atoms with Crippen molar-refractivity contribution in [1.82, 2.24) is 25.8 Å². The molecular weight excluding hydrogens is 827 g/mol. The van der Waals surface area contributed by atoms with E-state index in [0.29, 0.717) is 35.0 Å². The van der Waals surface area contributed by atoms with Crippen LogP contribution in [-0.2, 0) is 32.9 Å². The third-order valence-electron chi connectivity index (χ3n) is 11.7. The number of nitrogens with one attached hydrogen (secondary N) is 4. The van der Waals surface area contributed by atoms with Crippen LogP contribution in [0.15, 0.2) is 138 Å². The number of aromatic hydroxyl groups is 1. The molecule has 1 aliphatic rings. The van der Waals surface area contributed by atoms with Gasteiger partial charge in [-0.15, -0.1) is 0 Å². The van der Waals surface area contributed by atoms with Crippen molar-refractivity contribution < 1.29 is 39.2 Å². The van der Waals surface area contributed by atoms with Gasteiger partial charge >= 0.3 is 5.97 Å². The number of piperidine rings is 1. The van der Waals surface area contributed by atoms with Gasteiger partial charge in [0.1, 0.15) is 11.5 Å². The Kier molecular flexibility index (Phi) is 15.8. The van der Waals surface area contributed by atoms with Gasteiger partial charge in [0.25, 0.3) is 11.8 Å². The molecule has 0 saturated carbocycles. The Hall–Kier alpha value is -6.84. The number of esters is 1. The van der Waals surface area contributed by atoms with Crippen molar-refractivity contribution in [3.8, 4) is 11.5 Å². The van der Waals surface area contributed by atoms with Gasteiger partial charge in [0.2, 0.25) is 11.2 Å². The number of amides is 2. The Bertz CT molecular complexity index is 2580. The summed E-state index contributed by atoms with van der Waals surface area (Å²) in [5.74, 6) is -1.12. The summed E-state index contributed by atoms with van der Waals surface area (Å²) >= 11 is 0. The lowest BCUT2D eigenvalue weighted by atomic mass is 9.86. The standard InChI is InChI=1S/C51H55N5O9/c57-44-20-18-42(43-19-21-46(59)55-48(43)44)45(58)31-52-25-22-35-14-16-38(17-15-35)49(61)54-27-26-53-47(60)34-64-41-13-7-12-40(30-41)51(63,39-10-5-2-6-11-39)50(62)65-33-37-23-28-56(29-24-37)32-36-8-3-1-4-9-36/h1-21,30,37,45,52,57-58,63H,22-29,31-34H2,(H,53,60)(H,54,61)(H,55,59)/t45-,51?/m0/s1. The number of hydrogen-bond acceptors (Lipinski definition) is 11. The van der Waals surface area contributed by atoms with Crippen molar-refractivity contribution in [3.63, 3.8) is 0 Å². The predicted molar refractivity (Wildman–Crippen MR) is 246 cm³/mol. The normalized spacial score (nSPS) is 14.6. The number of aliphatic hydroxyl groups excluding tert-OH is 1. The smallest absolute Gasteiger partial charge is 0.347 e. The van der Waals surface area contributed by atoms with Crippen molar-refractivity contribution in [2.45, 2.75) is 37.5 Å². The number of aromatic nitrogens is 1. The van der Waals surface area contributed by atoms with Gasteiger partial charge in [-0.1, -0.05) is 91.0 Å². The molecule has 7 N–H and O–H groups in total. The van der Waals surface area contributed by atoms with Crippen LogP contribution in [0.1, 0.15) is 57.1 Å². The van der Waals surface area contributed by atoms with Gasteiger partial charge in [-0.2, -0.15) is 0 Å². The molecule has 0 bridgehead atoms. The summed E-state index contributed by atoms with van der Waals surface area (Å²) in [6.07, 6.45) is 1.53. The molecule has 0 radical (unpaired) electrons. The number of H-pyrrole nitrogens is 1. The molecule has 2 amide bonds. The van der Waals surface area contributed by atoms with Crippen molar-refractivity contribution >= 4 is 28.7 Å². The number of hydrogen-bond donors (Lipinski definition) is 7. The molecule has 6 aromatic rings. The monoisotopic (exact) mass is 881 g/mol. The van der Waals surface area contributed by atoms with Gasteiger partial charge in [-0.3, -0.25) is 19.3 Å². The fourth-order valence-corrected chi connectivity index (χ4v) is 7.98. The van der Waals surface area contributed by atoms with Crippen LogP contribution < -0.4 is 26.2 Å². The quantitative estimate of drug-likeness (QED) is 0.0414. The molecule has 7 rings (SSSR count). The maximum atomic E-state index is 13.8. The molecule has 1 saturated heterocycles. The second-order valence-electron chi connectivity index (χ2n) is 16.3. The molecule has 5 aromatic carbocycles. The maximum absolute atomic E-state index is 13.8. The zero-order valence-electron chi connectivity index (χ0n) is 36.1. The topological polar surface area (TPSA) is 203 Å². The molecule has 0 aliphatic carbocycles. The summed E-state index contributed by atoms with van der Waals surface area (Å²) in [5, 5.41) is 42.3. The number of ether oxygens (including phenoxy) is 2. The molecule has 1 aromatic heterocycles. The highest BCUT2D eigenvalue weighted by molar-refractivity contribution is 5.94. The van der Waals surface area contributed by atoms with Crippen LogP contribution in [0, 0.1) is 5.92 Å². The molecule has 0 spiro atoms. The van der Waals surface area contributed by atoms with Gasteiger partial charge in [0.15, 0.2) is 6.61 Å². The van der Waals surface area contributed by atoms with Crippen LogP contribution >= 0.6 is 0 Å². The lowest BCUT2D eigenvalue weighted by Crippen LogP contribution is -2.40.